The van der Waals surface area contributed by atoms with Crippen molar-refractivity contribution in [2.45, 2.75) is 6.92 Å². The quantitative estimate of drug-likeness (QED) is 0.174. The predicted octanol–water partition coefficient (Wildman–Crippen LogP) is 7.56. The summed E-state index contributed by atoms with van der Waals surface area (Å²) in [6, 6.07) is 20.3. The van der Waals surface area contributed by atoms with Crippen molar-refractivity contribution in [1.82, 2.24) is 30.1 Å². The lowest BCUT2D eigenvalue weighted by Crippen LogP contribution is -1.98. The minimum atomic E-state index is -0.317. The van der Waals surface area contributed by atoms with E-state index in [1.807, 2.05) is 61.5 Å². The normalized spacial score (nSPS) is 11.5. The van der Waals surface area contributed by atoms with Gasteiger partial charge in [0.2, 0.25) is 0 Å². The Kier molecular flexibility index (Phi) is 6.79. The van der Waals surface area contributed by atoms with Crippen LogP contribution in [0, 0.1) is 12.7 Å². The van der Waals surface area contributed by atoms with Crippen molar-refractivity contribution in [1.29, 1.82) is 0 Å². The Morgan fingerprint density at radius 1 is 0.976 bits per heavy atom. The summed E-state index contributed by atoms with van der Waals surface area (Å²) in [4.78, 5) is 17.3. The highest BCUT2D eigenvalue weighted by Gasteiger charge is 2.19. The molecular weight excluding hydrogens is 513 g/mol. The fraction of sp³-hybridized carbons (Fsp3) is 0.0303. The number of anilines is 1. The molecule has 0 amide bonds. The number of fused-ring (bicyclic) bond motifs is 1. The molecule has 0 aliphatic carbocycles. The van der Waals surface area contributed by atoms with Crippen LogP contribution in [0.3, 0.4) is 0 Å². The van der Waals surface area contributed by atoms with E-state index in [0.29, 0.717) is 22.8 Å². The van der Waals surface area contributed by atoms with Gasteiger partial charge in [-0.05, 0) is 42.3 Å². The zero-order valence-electron chi connectivity index (χ0n) is 22.3. The van der Waals surface area contributed by atoms with E-state index in [1.165, 1.54) is 12.1 Å². The van der Waals surface area contributed by atoms with Gasteiger partial charge in [0, 0.05) is 34.1 Å². The molecule has 0 saturated heterocycles. The second kappa shape index (κ2) is 10.9. The second-order valence-electron chi connectivity index (χ2n) is 9.50. The molecule has 2 aromatic carbocycles. The Balaban J connectivity index is 1.34. The average Bonchev–Trinajstić information content (AvgIpc) is 3.59. The molecule has 0 aliphatic rings. The molecule has 7 nitrogen and oxygen atoms in total. The van der Waals surface area contributed by atoms with Gasteiger partial charge >= 0.3 is 0 Å². The molecule has 0 radical (unpaired) electrons. The number of pyridine rings is 2. The van der Waals surface area contributed by atoms with Crippen molar-refractivity contribution in [3.63, 3.8) is 0 Å². The first kappa shape index (κ1) is 25.6. The van der Waals surface area contributed by atoms with Gasteiger partial charge in [-0.1, -0.05) is 67.8 Å². The largest absolute Gasteiger partial charge is 0.354 e. The van der Waals surface area contributed by atoms with Crippen molar-refractivity contribution in [3.8, 4) is 22.8 Å². The lowest BCUT2D eigenvalue weighted by molar-refractivity contribution is 0.627. The first-order valence-electron chi connectivity index (χ1n) is 13.0. The van der Waals surface area contributed by atoms with Crippen LogP contribution in [0.25, 0.3) is 44.9 Å². The van der Waals surface area contributed by atoms with E-state index >= 15 is 0 Å². The average molecular weight is 540 g/mol. The van der Waals surface area contributed by atoms with Gasteiger partial charge in [0.1, 0.15) is 11.5 Å². The number of hydrogen-bond acceptors (Lipinski definition) is 5. The molecule has 0 bridgehead atoms. The minimum absolute atomic E-state index is 0.317. The molecule has 0 unspecified atom stereocenters. The number of imidazole rings is 1. The van der Waals surface area contributed by atoms with Crippen molar-refractivity contribution < 1.29 is 4.39 Å². The molecule has 3 N–H and O–H groups in total. The minimum Gasteiger partial charge on any atom is -0.354 e. The molecular formula is C33H26FN7. The van der Waals surface area contributed by atoms with E-state index < -0.39 is 0 Å². The number of allylic oxidation sites excluding steroid dienone is 2. The summed E-state index contributed by atoms with van der Waals surface area (Å²) in [6.07, 6.45) is 8.76. The number of aromatic nitrogens is 6. The molecule has 0 atom stereocenters. The van der Waals surface area contributed by atoms with E-state index in [-0.39, 0.29) is 5.82 Å². The van der Waals surface area contributed by atoms with E-state index in [9.17, 15) is 4.39 Å². The third-order valence-electron chi connectivity index (χ3n) is 6.68. The molecule has 0 saturated carbocycles. The number of halogens is 1. The van der Waals surface area contributed by atoms with Crippen molar-refractivity contribution in [2.24, 2.45) is 0 Å². The van der Waals surface area contributed by atoms with Crippen molar-refractivity contribution in [2.75, 3.05) is 5.32 Å². The molecule has 200 valence electrons. The Hall–Kier alpha value is -5.63. The van der Waals surface area contributed by atoms with Gasteiger partial charge in [0.05, 0.1) is 35.0 Å². The molecule has 6 rings (SSSR count). The van der Waals surface area contributed by atoms with Gasteiger partial charge in [-0.3, -0.25) is 15.1 Å². The number of nitrogens with zero attached hydrogens (tertiary/aromatic N) is 4. The van der Waals surface area contributed by atoms with Crippen molar-refractivity contribution >= 4 is 27.9 Å². The Labute approximate surface area is 236 Å². The fourth-order valence-corrected chi connectivity index (χ4v) is 4.71. The third-order valence-corrected chi connectivity index (χ3v) is 6.68. The highest BCUT2D eigenvalue weighted by molar-refractivity contribution is 5.94. The molecule has 4 heterocycles. The van der Waals surface area contributed by atoms with E-state index in [2.05, 4.69) is 43.6 Å². The lowest BCUT2D eigenvalue weighted by atomic mass is 10.0. The molecule has 0 spiro atoms. The van der Waals surface area contributed by atoms with Gasteiger partial charge in [-0.2, -0.15) is 5.10 Å². The van der Waals surface area contributed by atoms with E-state index in [0.717, 1.165) is 50.4 Å². The van der Waals surface area contributed by atoms with E-state index in [1.54, 1.807) is 30.7 Å². The Bertz CT molecular complexity index is 1930. The van der Waals surface area contributed by atoms with Crippen LogP contribution in [0.1, 0.15) is 22.5 Å². The van der Waals surface area contributed by atoms with Gasteiger partial charge in [0.25, 0.3) is 0 Å². The monoisotopic (exact) mass is 539 g/mol. The number of benzene rings is 2. The highest BCUT2D eigenvalue weighted by atomic mass is 19.1. The van der Waals surface area contributed by atoms with Crippen LogP contribution >= 0.6 is 0 Å². The third kappa shape index (κ3) is 5.18. The standard InChI is InChI=1S/C33H26FN7/c1-4-9-27(23-12-8-13-25(34)14-23)31-21(3)38-33(39-31)32-28-16-29(36-19-30(28)40-41-32)24-15-26(18-35-17-24)37-20(2)22-10-6-5-7-11-22/h4-19,37H,1-2H2,3H3,(H,38,39)(H,40,41)/b27-9-. The SMILES string of the molecule is C=C/C=C(/c1cccc(F)c1)c1nc(-c2n[nH]c3cnc(-c4cncc(NC(=C)c5ccccc5)c4)cc23)[nH]c1C. The topological polar surface area (TPSA) is 95.2 Å². The molecule has 0 aliphatic heterocycles. The maximum Gasteiger partial charge on any atom is 0.159 e. The van der Waals surface area contributed by atoms with Gasteiger partial charge in [-0.15, -0.1) is 0 Å². The zero-order chi connectivity index (χ0) is 28.3. The zero-order valence-corrected chi connectivity index (χ0v) is 22.3. The summed E-state index contributed by atoms with van der Waals surface area (Å²) in [5.41, 5.74) is 8.54. The van der Waals surface area contributed by atoms with Crippen LogP contribution in [0.5, 0.6) is 0 Å². The van der Waals surface area contributed by atoms with E-state index in [4.69, 9.17) is 4.98 Å². The lowest BCUT2D eigenvalue weighted by Gasteiger charge is -2.10. The maximum absolute atomic E-state index is 14.0. The molecule has 6 aromatic rings. The number of rotatable bonds is 8. The molecule has 41 heavy (non-hydrogen) atoms. The van der Waals surface area contributed by atoms with Crippen LogP contribution in [0.2, 0.25) is 0 Å². The number of aryl methyl sites for hydroxylation is 1. The summed E-state index contributed by atoms with van der Waals surface area (Å²) in [7, 11) is 0. The second-order valence-corrected chi connectivity index (χ2v) is 9.50. The molecule has 4 aromatic heterocycles. The van der Waals surface area contributed by atoms with Crippen LogP contribution in [-0.2, 0) is 0 Å². The Morgan fingerprint density at radius 2 is 1.80 bits per heavy atom. The van der Waals surface area contributed by atoms with Gasteiger partial charge in [-0.25, -0.2) is 9.37 Å². The smallest absolute Gasteiger partial charge is 0.159 e. The van der Waals surface area contributed by atoms with Crippen LogP contribution in [0.4, 0.5) is 10.1 Å². The maximum atomic E-state index is 14.0. The van der Waals surface area contributed by atoms with Crippen LogP contribution in [0.15, 0.2) is 111 Å². The summed E-state index contributed by atoms with van der Waals surface area (Å²) in [5.74, 6) is 0.266. The number of H-pyrrole nitrogens is 2. The first-order valence-corrected chi connectivity index (χ1v) is 13.0. The Morgan fingerprint density at radius 3 is 2.61 bits per heavy atom. The fourth-order valence-electron chi connectivity index (χ4n) is 4.71. The summed E-state index contributed by atoms with van der Waals surface area (Å²) in [6.45, 7) is 9.91. The predicted molar refractivity (Wildman–Crippen MR) is 162 cm³/mol. The van der Waals surface area contributed by atoms with Gasteiger partial charge in [0.15, 0.2) is 5.82 Å². The first-order chi connectivity index (χ1) is 20.0. The highest BCUT2D eigenvalue weighted by Crippen LogP contribution is 2.32. The number of aromatic amines is 2. The molecule has 8 heteroatoms. The molecule has 0 fully saturated rings. The number of nitrogens with one attached hydrogen (secondary N) is 3. The van der Waals surface area contributed by atoms with Crippen LogP contribution in [-0.4, -0.2) is 30.1 Å². The summed E-state index contributed by atoms with van der Waals surface area (Å²) in [5, 5.41) is 11.8. The van der Waals surface area contributed by atoms with Crippen LogP contribution < -0.4 is 5.32 Å². The summed E-state index contributed by atoms with van der Waals surface area (Å²) < 4.78 is 14.0. The van der Waals surface area contributed by atoms with Gasteiger partial charge < -0.3 is 10.3 Å². The number of hydrogen-bond donors (Lipinski definition) is 3. The summed E-state index contributed by atoms with van der Waals surface area (Å²) >= 11 is 0. The van der Waals surface area contributed by atoms with Crippen molar-refractivity contribution in [3.05, 3.63) is 139 Å².